The average Bonchev–Trinajstić information content (AvgIpc) is 3.23. The zero-order valence-electron chi connectivity index (χ0n) is 14.6. The van der Waals surface area contributed by atoms with Crippen LogP contribution in [0.5, 0.6) is 0 Å². The Kier molecular flexibility index (Phi) is 6.12. The summed E-state index contributed by atoms with van der Waals surface area (Å²) in [6.07, 6.45) is 7.24. The fourth-order valence-electron chi connectivity index (χ4n) is 3.07. The number of nitrogens with zero attached hydrogens (tertiary/aromatic N) is 1. The first-order valence-corrected chi connectivity index (χ1v) is 8.62. The van der Waals surface area contributed by atoms with E-state index in [1.165, 1.54) is 12.1 Å². The molecule has 0 heterocycles. The molecule has 1 fully saturated rings. The second-order valence-electron chi connectivity index (χ2n) is 6.34. The average molecular weight is 360 g/mol. The smallest absolute Gasteiger partial charge is 0.269 e. The highest BCUT2D eigenvalue weighted by Gasteiger charge is 2.29. The van der Waals surface area contributed by atoms with E-state index in [0.29, 0.717) is 17.0 Å². The Bertz CT molecular complexity index is 825. The van der Waals surface area contributed by atoms with Gasteiger partial charge >= 0.3 is 0 Å². The van der Waals surface area contributed by atoms with E-state index in [-0.39, 0.29) is 30.1 Å². The molecule has 1 unspecified atom stereocenters. The van der Waals surface area contributed by atoms with Gasteiger partial charge in [0.1, 0.15) is 5.78 Å². The van der Waals surface area contributed by atoms with Gasteiger partial charge in [-0.05, 0) is 37.2 Å². The van der Waals surface area contributed by atoms with Gasteiger partial charge in [0.05, 0.1) is 4.92 Å². The lowest BCUT2D eigenvalue weighted by molar-refractivity contribution is -0.384. The molecule has 5 heteroatoms. The lowest BCUT2D eigenvalue weighted by Gasteiger charge is -2.18. The molecular formula is C22H18NO4. The van der Waals surface area contributed by atoms with E-state index in [9.17, 15) is 19.7 Å². The van der Waals surface area contributed by atoms with Crippen LogP contribution in [0.15, 0.2) is 54.6 Å². The van der Waals surface area contributed by atoms with Crippen LogP contribution < -0.4 is 0 Å². The van der Waals surface area contributed by atoms with E-state index < -0.39 is 10.8 Å². The molecule has 0 N–H and O–H groups in total. The zero-order chi connectivity index (χ0) is 19.2. The maximum atomic E-state index is 12.7. The second-order valence-corrected chi connectivity index (χ2v) is 6.34. The van der Waals surface area contributed by atoms with Crippen molar-refractivity contribution in [2.45, 2.75) is 18.8 Å². The van der Waals surface area contributed by atoms with E-state index in [2.05, 4.69) is 0 Å². The molecule has 0 spiro atoms. The number of ketones is 2. The number of non-ortho nitro benzene ring substituents is 1. The Hall–Kier alpha value is -2.82. The normalized spacial score (nSPS) is 15.4. The van der Waals surface area contributed by atoms with Gasteiger partial charge in [0.15, 0.2) is 5.78 Å². The van der Waals surface area contributed by atoms with Crippen molar-refractivity contribution in [1.29, 1.82) is 0 Å². The summed E-state index contributed by atoms with van der Waals surface area (Å²) in [5.74, 6) is -0.0302. The first-order valence-electron chi connectivity index (χ1n) is 8.62. The van der Waals surface area contributed by atoms with Crippen LogP contribution >= 0.6 is 0 Å². The van der Waals surface area contributed by atoms with Crippen molar-refractivity contribution < 1.29 is 14.5 Å². The number of nitro groups is 1. The van der Waals surface area contributed by atoms with Crippen LogP contribution in [0.4, 0.5) is 5.69 Å². The van der Waals surface area contributed by atoms with Gasteiger partial charge in [-0.3, -0.25) is 19.7 Å². The molecule has 0 saturated heterocycles. The van der Waals surface area contributed by atoms with Gasteiger partial charge in [0, 0.05) is 36.5 Å². The highest BCUT2D eigenvalue weighted by molar-refractivity contribution is 6.00. The van der Waals surface area contributed by atoms with Gasteiger partial charge in [0.2, 0.25) is 0 Å². The Morgan fingerprint density at radius 2 is 1.56 bits per heavy atom. The summed E-state index contributed by atoms with van der Waals surface area (Å²) < 4.78 is 0. The van der Waals surface area contributed by atoms with Crippen molar-refractivity contribution in [3.63, 3.8) is 0 Å². The van der Waals surface area contributed by atoms with E-state index >= 15 is 0 Å². The van der Waals surface area contributed by atoms with Crippen molar-refractivity contribution in [1.82, 2.24) is 0 Å². The van der Waals surface area contributed by atoms with Crippen LogP contribution in [0, 0.1) is 41.7 Å². The summed E-state index contributed by atoms with van der Waals surface area (Å²) in [5.41, 5.74) is 1.13. The van der Waals surface area contributed by atoms with Crippen LogP contribution in [0.3, 0.4) is 0 Å². The third-order valence-corrected chi connectivity index (χ3v) is 4.50. The van der Waals surface area contributed by atoms with E-state index in [0.717, 1.165) is 0 Å². The molecule has 0 aliphatic heterocycles. The lowest BCUT2D eigenvalue weighted by Crippen LogP contribution is -2.17. The minimum atomic E-state index is -0.474. The van der Waals surface area contributed by atoms with Crippen LogP contribution in [0.25, 0.3) is 0 Å². The molecule has 0 amide bonds. The number of hydrogen-bond acceptors (Lipinski definition) is 4. The monoisotopic (exact) mass is 360 g/mol. The summed E-state index contributed by atoms with van der Waals surface area (Å²) in [4.78, 5) is 35.9. The molecule has 2 aromatic rings. The summed E-state index contributed by atoms with van der Waals surface area (Å²) >= 11 is 0. The Labute approximate surface area is 158 Å². The maximum Gasteiger partial charge on any atom is 0.269 e. The number of carbonyl (C=O) groups excluding carboxylic acids is 2. The quantitative estimate of drug-likeness (QED) is 0.399. The molecule has 135 valence electrons. The van der Waals surface area contributed by atoms with Crippen molar-refractivity contribution in [3.8, 4) is 0 Å². The van der Waals surface area contributed by atoms with Crippen molar-refractivity contribution in [3.05, 3.63) is 107 Å². The van der Waals surface area contributed by atoms with Gasteiger partial charge in [-0.2, -0.15) is 0 Å². The molecule has 5 radical (unpaired) electrons. The van der Waals surface area contributed by atoms with E-state index in [1.54, 1.807) is 62.1 Å². The number of rotatable bonds is 8. The van der Waals surface area contributed by atoms with Gasteiger partial charge in [-0.25, -0.2) is 0 Å². The molecule has 2 aromatic carbocycles. The maximum absolute atomic E-state index is 12.7. The molecule has 3 rings (SSSR count). The number of hydrogen-bond donors (Lipinski definition) is 0. The molecule has 1 aliphatic rings. The minimum absolute atomic E-state index is 0.0505. The number of Topliss-reactive ketones (excluding diaryl/α,β-unsaturated/α-hetero) is 2. The topological polar surface area (TPSA) is 77.3 Å². The highest BCUT2D eigenvalue weighted by Crippen LogP contribution is 2.32. The predicted octanol–water partition coefficient (Wildman–Crippen LogP) is 4.32. The standard InChI is InChI=1S/C22H18NO4/c24-21(16-7-2-1-3-8-16)14-19(15-22(25)17-9-4-5-10-17)18-11-6-12-20(13-18)23(26)27/h1-13,19H,14-15H2. The molecule has 1 saturated carbocycles. The number of nitro benzene ring substituents is 1. The molecule has 0 bridgehead atoms. The van der Waals surface area contributed by atoms with Crippen molar-refractivity contribution >= 4 is 17.3 Å². The van der Waals surface area contributed by atoms with Crippen molar-refractivity contribution in [2.75, 3.05) is 0 Å². The van der Waals surface area contributed by atoms with Gasteiger partial charge in [0.25, 0.3) is 5.69 Å². The predicted molar refractivity (Wildman–Crippen MR) is 101 cm³/mol. The first kappa shape index (κ1) is 19.0. The third-order valence-electron chi connectivity index (χ3n) is 4.50. The van der Waals surface area contributed by atoms with Gasteiger partial charge in [-0.15, -0.1) is 0 Å². The summed E-state index contributed by atoms with van der Waals surface area (Å²) in [5, 5.41) is 11.1. The zero-order valence-corrected chi connectivity index (χ0v) is 14.6. The van der Waals surface area contributed by atoms with Crippen LogP contribution in [-0.4, -0.2) is 16.5 Å². The number of benzene rings is 2. The molecule has 1 atom stereocenters. The van der Waals surface area contributed by atoms with E-state index in [1.807, 2.05) is 6.07 Å². The molecule has 1 aliphatic carbocycles. The van der Waals surface area contributed by atoms with Crippen LogP contribution in [0.1, 0.15) is 34.7 Å². The van der Waals surface area contributed by atoms with Crippen LogP contribution in [-0.2, 0) is 4.79 Å². The Morgan fingerprint density at radius 3 is 2.22 bits per heavy atom. The molecular weight excluding hydrogens is 342 g/mol. The Morgan fingerprint density at radius 1 is 0.889 bits per heavy atom. The largest absolute Gasteiger partial charge is 0.299 e. The summed E-state index contributed by atoms with van der Waals surface area (Å²) in [7, 11) is 0. The molecule has 0 aromatic heterocycles. The van der Waals surface area contributed by atoms with E-state index in [4.69, 9.17) is 0 Å². The van der Waals surface area contributed by atoms with Crippen molar-refractivity contribution in [2.24, 2.45) is 0 Å². The third kappa shape index (κ3) is 4.88. The van der Waals surface area contributed by atoms with Gasteiger partial charge < -0.3 is 0 Å². The summed E-state index contributed by atoms with van der Waals surface area (Å²) in [6, 6.07) is 15.0. The number of carbonyl (C=O) groups is 2. The fraction of sp³-hybridized carbons (Fsp3) is 0.136. The molecule has 5 nitrogen and oxygen atoms in total. The highest BCUT2D eigenvalue weighted by atomic mass is 16.6. The SMILES string of the molecule is O=C(CC(CC(=O)c1ccccc1)c1cccc([N+](=O)[O-])c1)[C]1[CH][CH][CH][CH]1. The summed E-state index contributed by atoms with van der Waals surface area (Å²) in [6.45, 7) is 0. The molecule has 27 heavy (non-hydrogen) atoms. The minimum Gasteiger partial charge on any atom is -0.299 e. The first-order chi connectivity index (χ1) is 13.0. The Balaban J connectivity index is 1.83. The lowest BCUT2D eigenvalue weighted by atomic mass is 9.84. The van der Waals surface area contributed by atoms with Gasteiger partial charge in [-0.1, -0.05) is 42.5 Å². The van der Waals surface area contributed by atoms with Crippen LogP contribution in [0.2, 0.25) is 0 Å². The fourth-order valence-corrected chi connectivity index (χ4v) is 3.07. The second kappa shape index (κ2) is 8.71.